The molecule has 1 heterocycles. The van der Waals surface area contributed by atoms with Gasteiger partial charge in [0.05, 0.1) is 0 Å². The van der Waals surface area contributed by atoms with E-state index in [0.29, 0.717) is 16.6 Å². The predicted molar refractivity (Wildman–Crippen MR) is 89.4 cm³/mol. The van der Waals surface area contributed by atoms with E-state index in [1.54, 1.807) is 37.4 Å². The van der Waals surface area contributed by atoms with Crippen LogP contribution in [-0.4, -0.2) is 29.1 Å². The Morgan fingerprint density at radius 2 is 1.96 bits per heavy atom. The van der Waals surface area contributed by atoms with E-state index >= 15 is 0 Å². The third kappa shape index (κ3) is 4.01. The fraction of sp³-hybridized carbons (Fsp3) is 0.250. The fourth-order valence-corrected chi connectivity index (χ4v) is 2.90. The van der Waals surface area contributed by atoms with Gasteiger partial charge in [0.25, 0.3) is 5.91 Å². The average Bonchev–Trinajstić information content (AvgIpc) is 3.33. The maximum atomic E-state index is 11.9. The van der Waals surface area contributed by atoms with E-state index in [-0.39, 0.29) is 11.8 Å². The minimum atomic E-state index is -0.251. The van der Waals surface area contributed by atoms with Crippen molar-refractivity contribution in [1.82, 2.24) is 15.5 Å². The van der Waals surface area contributed by atoms with Crippen molar-refractivity contribution in [3.8, 4) is 0 Å². The van der Waals surface area contributed by atoms with Crippen LogP contribution in [0, 0.1) is 0 Å². The molecule has 0 spiro atoms. The molecule has 23 heavy (non-hydrogen) atoms. The third-order valence-electron chi connectivity index (χ3n) is 3.42. The summed E-state index contributed by atoms with van der Waals surface area (Å²) in [6, 6.07) is 6.99. The van der Waals surface area contributed by atoms with Gasteiger partial charge in [-0.1, -0.05) is 23.5 Å². The topological polar surface area (TPSA) is 84.0 Å². The number of carbonyl (C=O) groups excluding carboxylic acids is 2. The maximum absolute atomic E-state index is 11.9. The van der Waals surface area contributed by atoms with Gasteiger partial charge >= 0.3 is 0 Å². The van der Waals surface area contributed by atoms with Gasteiger partial charge in [0.2, 0.25) is 11.0 Å². The fourth-order valence-electron chi connectivity index (χ4n) is 1.99. The largest absolute Gasteiger partial charge is 0.355 e. The Bertz CT molecular complexity index is 748. The van der Waals surface area contributed by atoms with Crippen molar-refractivity contribution in [2.24, 2.45) is 0 Å². The Labute approximate surface area is 137 Å². The molecule has 2 amide bonds. The quantitative estimate of drug-likeness (QED) is 0.826. The van der Waals surface area contributed by atoms with E-state index in [1.807, 2.05) is 0 Å². The second kappa shape index (κ2) is 6.70. The first-order valence-corrected chi connectivity index (χ1v) is 8.12. The van der Waals surface area contributed by atoms with Crippen LogP contribution in [0.5, 0.6) is 0 Å². The molecule has 6 nitrogen and oxygen atoms in total. The summed E-state index contributed by atoms with van der Waals surface area (Å²) in [6.07, 6.45) is 5.45. The Hall–Kier alpha value is -2.54. The number of nitrogens with one attached hydrogen (secondary N) is 2. The molecular weight excluding hydrogens is 312 g/mol. The molecule has 3 rings (SSSR count). The molecule has 2 N–H and O–H groups in total. The molecule has 1 aromatic heterocycles. The number of benzene rings is 1. The summed E-state index contributed by atoms with van der Waals surface area (Å²) in [5, 5.41) is 14.8. The highest BCUT2D eigenvalue weighted by molar-refractivity contribution is 7.15. The van der Waals surface area contributed by atoms with Gasteiger partial charge in [-0.15, -0.1) is 10.2 Å². The second-order valence-electron chi connectivity index (χ2n) is 5.24. The predicted octanol–water partition coefficient (Wildman–Crippen LogP) is 2.43. The van der Waals surface area contributed by atoms with Crippen LogP contribution in [0.25, 0.3) is 6.08 Å². The average molecular weight is 328 g/mol. The van der Waals surface area contributed by atoms with E-state index in [1.165, 1.54) is 17.4 Å². The molecule has 0 radical (unpaired) electrons. The molecule has 7 heteroatoms. The zero-order chi connectivity index (χ0) is 16.2. The Morgan fingerprint density at radius 1 is 1.22 bits per heavy atom. The highest BCUT2D eigenvalue weighted by Gasteiger charge is 2.27. The summed E-state index contributed by atoms with van der Waals surface area (Å²) in [5.41, 5.74) is 1.42. The van der Waals surface area contributed by atoms with Crippen molar-refractivity contribution < 1.29 is 9.59 Å². The minimum absolute atomic E-state index is 0.138. The first-order chi connectivity index (χ1) is 11.2. The van der Waals surface area contributed by atoms with Gasteiger partial charge in [0, 0.05) is 24.6 Å². The van der Waals surface area contributed by atoms with Crippen LogP contribution in [0.4, 0.5) is 5.13 Å². The SMILES string of the molecule is CNC(=O)c1ccc(/C=C/C(=O)Nc2nnc(C3CC3)s2)cc1. The lowest BCUT2D eigenvalue weighted by molar-refractivity contribution is -0.111. The van der Waals surface area contributed by atoms with Crippen molar-refractivity contribution in [3.63, 3.8) is 0 Å². The molecular formula is C16H16N4O2S. The molecule has 1 saturated carbocycles. The lowest BCUT2D eigenvalue weighted by Crippen LogP contribution is -2.17. The molecule has 0 atom stereocenters. The normalized spacial score (nSPS) is 14.0. The number of aromatic nitrogens is 2. The second-order valence-corrected chi connectivity index (χ2v) is 6.25. The Balaban J connectivity index is 1.57. The zero-order valence-corrected chi connectivity index (χ0v) is 13.4. The van der Waals surface area contributed by atoms with Crippen molar-refractivity contribution in [2.45, 2.75) is 18.8 Å². The molecule has 2 aromatic rings. The molecule has 118 valence electrons. The van der Waals surface area contributed by atoms with E-state index in [2.05, 4.69) is 20.8 Å². The van der Waals surface area contributed by atoms with Crippen molar-refractivity contribution in [2.75, 3.05) is 12.4 Å². The zero-order valence-electron chi connectivity index (χ0n) is 12.6. The van der Waals surface area contributed by atoms with Gasteiger partial charge in [0.1, 0.15) is 5.01 Å². The first kappa shape index (κ1) is 15.4. The molecule has 1 aliphatic rings. The summed E-state index contributed by atoms with van der Waals surface area (Å²) < 4.78 is 0. The molecule has 0 bridgehead atoms. The molecule has 0 aliphatic heterocycles. The molecule has 0 saturated heterocycles. The summed E-state index contributed by atoms with van der Waals surface area (Å²) in [6.45, 7) is 0. The summed E-state index contributed by atoms with van der Waals surface area (Å²) >= 11 is 1.43. The van der Waals surface area contributed by atoms with Gasteiger partial charge in [-0.05, 0) is 36.6 Å². The monoisotopic (exact) mass is 328 g/mol. The van der Waals surface area contributed by atoms with Gasteiger partial charge in [-0.3, -0.25) is 14.9 Å². The number of rotatable bonds is 5. The third-order valence-corrected chi connectivity index (χ3v) is 4.43. The molecule has 1 aliphatic carbocycles. The first-order valence-electron chi connectivity index (χ1n) is 7.30. The number of amides is 2. The van der Waals surface area contributed by atoms with E-state index in [4.69, 9.17) is 0 Å². The van der Waals surface area contributed by atoms with Gasteiger partial charge in [-0.2, -0.15) is 0 Å². The Kier molecular flexibility index (Phi) is 4.47. The van der Waals surface area contributed by atoms with Crippen LogP contribution in [0.15, 0.2) is 30.3 Å². The summed E-state index contributed by atoms with van der Waals surface area (Å²) in [7, 11) is 1.59. The lowest BCUT2D eigenvalue weighted by atomic mass is 10.1. The molecule has 1 fully saturated rings. The summed E-state index contributed by atoms with van der Waals surface area (Å²) in [4.78, 5) is 23.3. The minimum Gasteiger partial charge on any atom is -0.355 e. The van der Waals surface area contributed by atoms with Crippen LogP contribution in [0.3, 0.4) is 0 Å². The van der Waals surface area contributed by atoms with Crippen LogP contribution < -0.4 is 10.6 Å². The van der Waals surface area contributed by atoms with Gasteiger partial charge < -0.3 is 5.32 Å². The number of nitrogens with zero attached hydrogens (tertiary/aromatic N) is 2. The van der Waals surface area contributed by atoms with Gasteiger partial charge in [0.15, 0.2) is 0 Å². The van der Waals surface area contributed by atoms with Crippen LogP contribution in [0.1, 0.15) is 39.7 Å². The Morgan fingerprint density at radius 3 is 2.61 bits per heavy atom. The van der Waals surface area contributed by atoms with Crippen LogP contribution in [-0.2, 0) is 4.79 Å². The highest BCUT2D eigenvalue weighted by atomic mass is 32.1. The number of carbonyl (C=O) groups is 2. The van der Waals surface area contributed by atoms with Crippen LogP contribution >= 0.6 is 11.3 Å². The molecule has 0 unspecified atom stereocenters. The van der Waals surface area contributed by atoms with E-state index in [9.17, 15) is 9.59 Å². The highest BCUT2D eigenvalue weighted by Crippen LogP contribution is 2.41. The molecule has 1 aromatic carbocycles. The van der Waals surface area contributed by atoms with E-state index < -0.39 is 0 Å². The number of anilines is 1. The standard InChI is InChI=1S/C16H16N4O2S/c1-17-14(22)11-5-2-10(3-6-11)4-9-13(21)18-16-20-19-15(23-16)12-7-8-12/h2-6,9,12H,7-8H2,1H3,(H,17,22)(H,18,20,21)/b9-4+. The lowest BCUT2D eigenvalue weighted by Gasteiger charge is -2.00. The van der Waals surface area contributed by atoms with Gasteiger partial charge in [-0.25, -0.2) is 0 Å². The van der Waals surface area contributed by atoms with Crippen molar-refractivity contribution in [1.29, 1.82) is 0 Å². The van der Waals surface area contributed by atoms with E-state index in [0.717, 1.165) is 23.4 Å². The number of hydrogen-bond donors (Lipinski definition) is 2. The van der Waals surface area contributed by atoms with Crippen molar-refractivity contribution in [3.05, 3.63) is 46.5 Å². The smallest absolute Gasteiger partial charge is 0.251 e. The van der Waals surface area contributed by atoms with Crippen molar-refractivity contribution >= 4 is 34.4 Å². The number of hydrogen-bond acceptors (Lipinski definition) is 5. The van der Waals surface area contributed by atoms with Crippen LogP contribution in [0.2, 0.25) is 0 Å². The summed E-state index contributed by atoms with van der Waals surface area (Å²) in [5.74, 6) is 0.146. The maximum Gasteiger partial charge on any atom is 0.251 e.